The van der Waals surface area contributed by atoms with Crippen molar-refractivity contribution in [3.63, 3.8) is 0 Å². The molecule has 0 fully saturated rings. The summed E-state index contributed by atoms with van der Waals surface area (Å²) in [6.07, 6.45) is 0.677. The first-order valence-electron chi connectivity index (χ1n) is 10.6. The van der Waals surface area contributed by atoms with Crippen molar-refractivity contribution in [1.29, 1.82) is 0 Å². The topological polar surface area (TPSA) is 86.8 Å². The fourth-order valence-electron chi connectivity index (χ4n) is 3.56. The number of carbonyl (C=O) groups excluding carboxylic acids is 1. The number of nitrogens with zero attached hydrogens (tertiary/aromatic N) is 4. The highest BCUT2D eigenvalue weighted by molar-refractivity contribution is 5.95. The normalized spacial score (nSPS) is 10.9. The van der Waals surface area contributed by atoms with E-state index in [1.165, 1.54) is 0 Å². The Hall–Kier alpha value is -3.74. The number of imidazole rings is 1. The summed E-state index contributed by atoms with van der Waals surface area (Å²) >= 11 is 0. The van der Waals surface area contributed by atoms with E-state index in [0.29, 0.717) is 42.8 Å². The molecule has 0 atom stereocenters. The van der Waals surface area contributed by atoms with Gasteiger partial charge in [-0.1, -0.05) is 49.4 Å². The summed E-state index contributed by atoms with van der Waals surface area (Å²) in [6, 6.07) is 17.7. The van der Waals surface area contributed by atoms with Crippen molar-refractivity contribution in [2.45, 2.75) is 27.2 Å². The number of aryl methyl sites for hydroxylation is 1. The highest BCUT2D eigenvalue weighted by atomic mass is 16.2. The fraction of sp³-hybridized carbons (Fsp3) is 0.250. The predicted octanol–water partition coefficient (Wildman–Crippen LogP) is 4.81. The summed E-state index contributed by atoms with van der Waals surface area (Å²) in [5, 5.41) is 4.18. The summed E-state index contributed by atoms with van der Waals surface area (Å²) < 4.78 is 0. The Labute approximate surface area is 181 Å². The van der Waals surface area contributed by atoms with Crippen molar-refractivity contribution in [1.82, 2.24) is 24.8 Å². The van der Waals surface area contributed by atoms with Crippen LogP contribution in [0.3, 0.4) is 0 Å². The number of fused-ring (bicyclic) bond motifs is 1. The van der Waals surface area contributed by atoms with Crippen LogP contribution in [-0.4, -0.2) is 43.8 Å². The monoisotopic (exact) mass is 414 g/mol. The number of para-hydroxylation sites is 1. The Morgan fingerprint density at radius 2 is 1.65 bits per heavy atom. The van der Waals surface area contributed by atoms with E-state index in [-0.39, 0.29) is 5.91 Å². The Morgan fingerprint density at radius 1 is 0.935 bits per heavy atom. The molecule has 2 aromatic carbocycles. The summed E-state index contributed by atoms with van der Waals surface area (Å²) in [5.41, 5.74) is 3.03. The summed E-state index contributed by atoms with van der Waals surface area (Å²) in [5.74, 6) is 1.70. The van der Waals surface area contributed by atoms with Crippen LogP contribution < -0.4 is 5.32 Å². The van der Waals surface area contributed by atoms with Gasteiger partial charge in [-0.25, -0.2) is 15.0 Å². The van der Waals surface area contributed by atoms with Crippen molar-refractivity contribution in [3.05, 3.63) is 66.0 Å². The molecule has 0 aliphatic rings. The molecule has 4 aromatic rings. The van der Waals surface area contributed by atoms with Gasteiger partial charge in [0.25, 0.3) is 5.91 Å². The summed E-state index contributed by atoms with van der Waals surface area (Å²) in [6.45, 7) is 7.23. The number of aromatic amines is 1. The van der Waals surface area contributed by atoms with E-state index < -0.39 is 0 Å². The second-order valence-corrected chi connectivity index (χ2v) is 7.15. The molecule has 4 rings (SSSR count). The van der Waals surface area contributed by atoms with Crippen molar-refractivity contribution in [2.24, 2.45) is 0 Å². The summed E-state index contributed by atoms with van der Waals surface area (Å²) in [7, 11) is 0. The van der Waals surface area contributed by atoms with Crippen LogP contribution >= 0.6 is 0 Å². The SMILES string of the molecule is CCc1[nH]c(Nc2nc(-c3ccccc3)nc3ccccc23)nc1C(=O)N(CC)CC. The van der Waals surface area contributed by atoms with Gasteiger partial charge >= 0.3 is 0 Å². The third kappa shape index (κ3) is 4.12. The minimum absolute atomic E-state index is 0.0660. The van der Waals surface area contributed by atoms with Crippen molar-refractivity contribution in [2.75, 3.05) is 18.4 Å². The molecule has 0 spiro atoms. The third-order valence-electron chi connectivity index (χ3n) is 5.26. The molecule has 7 nitrogen and oxygen atoms in total. The Balaban J connectivity index is 1.76. The third-order valence-corrected chi connectivity index (χ3v) is 5.26. The highest BCUT2D eigenvalue weighted by Gasteiger charge is 2.21. The van der Waals surface area contributed by atoms with Gasteiger partial charge in [0.2, 0.25) is 5.95 Å². The molecule has 2 heterocycles. The van der Waals surface area contributed by atoms with Gasteiger partial charge in [0.05, 0.1) is 5.52 Å². The molecular formula is C24H26N6O. The smallest absolute Gasteiger partial charge is 0.274 e. The first-order chi connectivity index (χ1) is 15.1. The second kappa shape index (κ2) is 8.95. The molecule has 2 N–H and O–H groups in total. The van der Waals surface area contributed by atoms with E-state index >= 15 is 0 Å². The van der Waals surface area contributed by atoms with E-state index in [1.54, 1.807) is 4.90 Å². The Kier molecular flexibility index (Phi) is 5.93. The van der Waals surface area contributed by atoms with Gasteiger partial charge < -0.3 is 15.2 Å². The first-order valence-corrected chi connectivity index (χ1v) is 10.6. The Morgan fingerprint density at radius 3 is 2.35 bits per heavy atom. The Bertz CT molecular complexity index is 1200. The number of amides is 1. The molecule has 0 saturated heterocycles. The molecule has 0 aliphatic carbocycles. The van der Waals surface area contributed by atoms with Crippen LogP contribution in [0.2, 0.25) is 0 Å². The number of nitrogens with one attached hydrogen (secondary N) is 2. The minimum Gasteiger partial charge on any atom is -0.338 e. The predicted molar refractivity (Wildman–Crippen MR) is 123 cm³/mol. The maximum Gasteiger partial charge on any atom is 0.274 e. The maximum atomic E-state index is 12.9. The lowest BCUT2D eigenvalue weighted by atomic mass is 10.2. The van der Waals surface area contributed by atoms with Gasteiger partial charge in [-0.05, 0) is 32.4 Å². The number of anilines is 2. The number of hydrogen-bond donors (Lipinski definition) is 2. The van der Waals surface area contributed by atoms with E-state index in [4.69, 9.17) is 9.97 Å². The molecule has 0 bridgehead atoms. The van der Waals surface area contributed by atoms with Crippen LogP contribution in [0, 0.1) is 0 Å². The van der Waals surface area contributed by atoms with Gasteiger partial charge in [-0.2, -0.15) is 0 Å². The fourth-order valence-corrected chi connectivity index (χ4v) is 3.56. The molecule has 31 heavy (non-hydrogen) atoms. The number of aromatic nitrogens is 4. The molecule has 0 saturated carbocycles. The van der Waals surface area contributed by atoms with Gasteiger partial charge in [-0.3, -0.25) is 4.79 Å². The van der Waals surface area contributed by atoms with Crippen molar-refractivity contribution >= 4 is 28.6 Å². The van der Waals surface area contributed by atoms with Crippen LogP contribution in [0.25, 0.3) is 22.3 Å². The van der Waals surface area contributed by atoms with E-state index in [1.807, 2.05) is 75.4 Å². The van der Waals surface area contributed by atoms with Gasteiger partial charge in [0.1, 0.15) is 5.82 Å². The zero-order chi connectivity index (χ0) is 21.8. The molecule has 0 unspecified atom stereocenters. The molecule has 0 radical (unpaired) electrons. The first kappa shape index (κ1) is 20.5. The second-order valence-electron chi connectivity index (χ2n) is 7.15. The number of H-pyrrole nitrogens is 1. The zero-order valence-corrected chi connectivity index (χ0v) is 18.0. The molecule has 0 aliphatic heterocycles. The van der Waals surface area contributed by atoms with Gasteiger partial charge in [-0.15, -0.1) is 0 Å². The van der Waals surface area contributed by atoms with Crippen molar-refractivity contribution in [3.8, 4) is 11.4 Å². The molecule has 1 amide bonds. The van der Waals surface area contributed by atoms with Crippen LogP contribution in [0.1, 0.15) is 37.0 Å². The lowest BCUT2D eigenvalue weighted by molar-refractivity contribution is 0.0766. The number of rotatable bonds is 7. The lowest BCUT2D eigenvalue weighted by Gasteiger charge is -2.17. The van der Waals surface area contributed by atoms with E-state index in [9.17, 15) is 4.79 Å². The highest BCUT2D eigenvalue weighted by Crippen LogP contribution is 2.27. The zero-order valence-electron chi connectivity index (χ0n) is 18.0. The van der Waals surface area contributed by atoms with Gasteiger partial charge in [0, 0.05) is 29.7 Å². The molecule has 158 valence electrons. The van der Waals surface area contributed by atoms with Crippen LogP contribution in [0.15, 0.2) is 54.6 Å². The quantitative estimate of drug-likeness (QED) is 0.453. The lowest BCUT2D eigenvalue weighted by Crippen LogP contribution is -2.31. The van der Waals surface area contributed by atoms with Crippen molar-refractivity contribution < 1.29 is 4.79 Å². The molecule has 7 heteroatoms. The molecule has 2 aromatic heterocycles. The maximum absolute atomic E-state index is 12.9. The average molecular weight is 415 g/mol. The molecular weight excluding hydrogens is 388 g/mol. The van der Waals surface area contributed by atoms with Crippen LogP contribution in [0.5, 0.6) is 0 Å². The number of hydrogen-bond acceptors (Lipinski definition) is 5. The van der Waals surface area contributed by atoms with E-state index in [2.05, 4.69) is 15.3 Å². The average Bonchev–Trinajstić information content (AvgIpc) is 3.23. The minimum atomic E-state index is -0.0660. The van der Waals surface area contributed by atoms with Crippen LogP contribution in [0.4, 0.5) is 11.8 Å². The van der Waals surface area contributed by atoms with E-state index in [0.717, 1.165) is 22.2 Å². The number of carbonyl (C=O) groups is 1. The van der Waals surface area contributed by atoms with Crippen LogP contribution in [-0.2, 0) is 6.42 Å². The number of benzene rings is 2. The largest absolute Gasteiger partial charge is 0.338 e. The van der Waals surface area contributed by atoms with Gasteiger partial charge in [0.15, 0.2) is 11.5 Å². The summed E-state index contributed by atoms with van der Waals surface area (Å²) in [4.78, 5) is 32.0. The standard InChI is InChI=1S/C24H26N6O/c1-4-18-20(23(31)30(5-2)6-3)27-24(26-18)29-22-17-14-10-11-15-19(17)25-21(28-22)16-12-8-7-9-13-16/h7-15H,4-6H2,1-3H3,(H2,25,26,27,28,29).